The Morgan fingerprint density at radius 3 is 2.09 bits per heavy atom. The van der Waals surface area contributed by atoms with Gasteiger partial charge in [0, 0.05) is 26.2 Å². The van der Waals surface area contributed by atoms with E-state index in [1.54, 1.807) is 6.92 Å². The molecule has 0 radical (unpaired) electrons. The first-order chi connectivity index (χ1) is 14.9. The third-order valence-corrected chi connectivity index (χ3v) is 7.04. The Labute approximate surface area is 181 Å². The first-order valence-corrected chi connectivity index (χ1v) is 11.0. The highest BCUT2D eigenvalue weighted by Gasteiger charge is 2.33. The Morgan fingerprint density at radius 2 is 1.56 bits per heavy atom. The molecular weight excluding hydrogens is 457 g/mol. The maximum absolute atomic E-state index is 13.4. The average molecular weight is 477 g/mol. The SMILES string of the molecule is CC(NC(=O)N1CCN(S(=O)(=O)c2ccc(C(F)(F)F)cc2)CC1)c1ccc(F)c(F)c1. The molecule has 1 unspecified atom stereocenters. The number of carbonyl (C=O) groups is 1. The standard InChI is InChI=1S/C20H20F5N3O3S/c1-13(14-2-7-17(21)18(22)12-14)26-19(29)27-8-10-28(11-9-27)32(30,31)16-5-3-15(4-6-16)20(23,24)25/h2-7,12-13H,8-11H2,1H3,(H,26,29). The van der Waals surface area contributed by atoms with Crippen molar-refractivity contribution in [3.8, 4) is 0 Å². The van der Waals surface area contributed by atoms with Gasteiger partial charge in [-0.25, -0.2) is 22.0 Å². The molecule has 1 atom stereocenters. The summed E-state index contributed by atoms with van der Waals surface area (Å²) >= 11 is 0. The molecule has 0 spiro atoms. The molecule has 1 saturated heterocycles. The number of nitrogens with one attached hydrogen (secondary N) is 1. The van der Waals surface area contributed by atoms with Crippen LogP contribution in [0.4, 0.5) is 26.7 Å². The summed E-state index contributed by atoms with van der Waals surface area (Å²) in [6.45, 7) is 1.61. The lowest BCUT2D eigenvalue weighted by Crippen LogP contribution is -2.53. The second kappa shape index (κ2) is 9.02. The Kier molecular flexibility index (Phi) is 6.75. The van der Waals surface area contributed by atoms with E-state index in [1.165, 1.54) is 11.0 Å². The van der Waals surface area contributed by atoms with Crippen LogP contribution in [0, 0.1) is 11.6 Å². The molecule has 2 aromatic rings. The average Bonchev–Trinajstić information content (AvgIpc) is 2.75. The Balaban J connectivity index is 1.60. The molecule has 0 saturated carbocycles. The van der Waals surface area contributed by atoms with E-state index >= 15 is 0 Å². The maximum atomic E-state index is 13.4. The van der Waals surface area contributed by atoms with Gasteiger partial charge in [0.15, 0.2) is 11.6 Å². The minimum Gasteiger partial charge on any atom is -0.331 e. The molecule has 0 aromatic heterocycles. The fourth-order valence-corrected chi connectivity index (χ4v) is 4.66. The van der Waals surface area contributed by atoms with Crippen molar-refractivity contribution in [2.24, 2.45) is 0 Å². The number of rotatable bonds is 4. The number of benzene rings is 2. The summed E-state index contributed by atoms with van der Waals surface area (Å²) in [6, 6.07) is 5.37. The van der Waals surface area contributed by atoms with Crippen molar-refractivity contribution in [2.75, 3.05) is 26.2 Å². The monoisotopic (exact) mass is 477 g/mol. The summed E-state index contributed by atoms with van der Waals surface area (Å²) in [4.78, 5) is 13.6. The molecule has 2 amide bonds. The molecule has 6 nitrogen and oxygen atoms in total. The van der Waals surface area contributed by atoms with Gasteiger partial charge in [-0.3, -0.25) is 0 Å². The van der Waals surface area contributed by atoms with Gasteiger partial charge >= 0.3 is 12.2 Å². The van der Waals surface area contributed by atoms with Gasteiger partial charge in [0.2, 0.25) is 10.0 Å². The van der Waals surface area contributed by atoms with Crippen LogP contribution in [0.25, 0.3) is 0 Å². The zero-order valence-corrected chi connectivity index (χ0v) is 17.7. The van der Waals surface area contributed by atoms with Crippen molar-refractivity contribution in [3.63, 3.8) is 0 Å². The fraction of sp³-hybridized carbons (Fsp3) is 0.350. The lowest BCUT2D eigenvalue weighted by Gasteiger charge is -2.34. The molecule has 1 aliphatic rings. The van der Waals surface area contributed by atoms with Crippen LogP contribution >= 0.6 is 0 Å². The summed E-state index contributed by atoms with van der Waals surface area (Å²) in [5.74, 6) is -2.04. The van der Waals surface area contributed by atoms with Crippen LogP contribution in [-0.4, -0.2) is 49.8 Å². The van der Waals surface area contributed by atoms with E-state index < -0.39 is 45.5 Å². The number of hydrogen-bond donors (Lipinski definition) is 1. The van der Waals surface area contributed by atoms with Gasteiger partial charge < -0.3 is 10.2 Å². The second-order valence-electron chi connectivity index (χ2n) is 7.26. The number of halogens is 5. The number of piperazine rings is 1. The van der Waals surface area contributed by atoms with E-state index in [1.807, 2.05) is 0 Å². The summed E-state index contributed by atoms with van der Waals surface area (Å²) < 4.78 is 91.0. The number of hydrogen-bond acceptors (Lipinski definition) is 3. The molecule has 1 heterocycles. The van der Waals surface area contributed by atoms with E-state index in [0.717, 1.165) is 28.6 Å². The number of amides is 2. The molecule has 174 valence electrons. The highest BCUT2D eigenvalue weighted by molar-refractivity contribution is 7.89. The van der Waals surface area contributed by atoms with Crippen molar-refractivity contribution in [2.45, 2.75) is 24.0 Å². The largest absolute Gasteiger partial charge is 0.416 e. The van der Waals surface area contributed by atoms with Crippen LogP contribution < -0.4 is 5.32 Å². The smallest absolute Gasteiger partial charge is 0.331 e. The van der Waals surface area contributed by atoms with E-state index in [2.05, 4.69) is 5.32 Å². The normalized spacial score (nSPS) is 16.6. The molecular formula is C20H20F5N3O3S. The quantitative estimate of drug-likeness (QED) is 0.682. The van der Waals surface area contributed by atoms with Crippen molar-refractivity contribution in [1.29, 1.82) is 0 Å². The zero-order valence-electron chi connectivity index (χ0n) is 16.9. The highest BCUT2D eigenvalue weighted by Crippen LogP contribution is 2.30. The molecule has 12 heteroatoms. The van der Waals surface area contributed by atoms with Crippen LogP contribution in [0.2, 0.25) is 0 Å². The van der Waals surface area contributed by atoms with Gasteiger partial charge in [0.25, 0.3) is 0 Å². The Hall–Kier alpha value is -2.73. The predicted octanol–water partition coefficient (Wildman–Crippen LogP) is 3.76. The zero-order chi connectivity index (χ0) is 23.7. The first-order valence-electron chi connectivity index (χ1n) is 9.57. The van der Waals surface area contributed by atoms with E-state index in [0.29, 0.717) is 17.7 Å². The lowest BCUT2D eigenvalue weighted by molar-refractivity contribution is -0.137. The molecule has 1 N–H and O–H groups in total. The first kappa shape index (κ1) is 23.9. The summed E-state index contributed by atoms with van der Waals surface area (Å²) in [7, 11) is -4.02. The third-order valence-electron chi connectivity index (χ3n) is 5.13. The van der Waals surface area contributed by atoms with Crippen molar-refractivity contribution in [1.82, 2.24) is 14.5 Å². The van der Waals surface area contributed by atoms with Crippen molar-refractivity contribution in [3.05, 3.63) is 65.2 Å². The van der Waals surface area contributed by atoms with E-state index in [9.17, 15) is 35.2 Å². The van der Waals surface area contributed by atoms with Gasteiger partial charge in [-0.15, -0.1) is 0 Å². The molecule has 32 heavy (non-hydrogen) atoms. The number of nitrogens with zero attached hydrogens (tertiary/aromatic N) is 2. The summed E-state index contributed by atoms with van der Waals surface area (Å²) in [5.41, 5.74) is -0.589. The highest BCUT2D eigenvalue weighted by atomic mass is 32.2. The van der Waals surface area contributed by atoms with Gasteiger partial charge in [-0.2, -0.15) is 17.5 Å². The van der Waals surface area contributed by atoms with Gasteiger partial charge in [0.05, 0.1) is 16.5 Å². The molecule has 1 aliphatic heterocycles. The lowest BCUT2D eigenvalue weighted by atomic mass is 10.1. The topological polar surface area (TPSA) is 69.7 Å². The van der Waals surface area contributed by atoms with Crippen LogP contribution in [0.5, 0.6) is 0 Å². The van der Waals surface area contributed by atoms with Crippen LogP contribution in [0.3, 0.4) is 0 Å². The Morgan fingerprint density at radius 1 is 0.969 bits per heavy atom. The van der Waals surface area contributed by atoms with Crippen LogP contribution in [0.1, 0.15) is 24.1 Å². The van der Waals surface area contributed by atoms with Crippen molar-refractivity contribution >= 4 is 16.1 Å². The number of alkyl halides is 3. The third kappa shape index (κ3) is 5.18. The molecule has 2 aromatic carbocycles. The van der Waals surface area contributed by atoms with Crippen molar-refractivity contribution < 1.29 is 35.2 Å². The van der Waals surface area contributed by atoms with Gasteiger partial charge in [-0.05, 0) is 48.9 Å². The molecule has 1 fully saturated rings. The fourth-order valence-electron chi connectivity index (χ4n) is 3.24. The number of urea groups is 1. The molecule has 3 rings (SSSR count). The maximum Gasteiger partial charge on any atom is 0.416 e. The predicted molar refractivity (Wildman–Crippen MR) is 105 cm³/mol. The minimum absolute atomic E-state index is 0.0453. The second-order valence-corrected chi connectivity index (χ2v) is 9.20. The van der Waals surface area contributed by atoms with Gasteiger partial charge in [0.1, 0.15) is 0 Å². The van der Waals surface area contributed by atoms with Gasteiger partial charge in [-0.1, -0.05) is 6.07 Å². The van der Waals surface area contributed by atoms with Crippen LogP contribution in [-0.2, 0) is 16.2 Å². The summed E-state index contributed by atoms with van der Waals surface area (Å²) in [6.07, 6.45) is -4.57. The van der Waals surface area contributed by atoms with E-state index in [-0.39, 0.29) is 31.1 Å². The number of sulfonamides is 1. The van der Waals surface area contributed by atoms with Crippen LogP contribution in [0.15, 0.2) is 47.4 Å². The number of carbonyl (C=O) groups excluding carboxylic acids is 1. The molecule has 0 aliphatic carbocycles. The minimum atomic E-state index is -4.57. The van der Waals surface area contributed by atoms with E-state index in [4.69, 9.17) is 0 Å². The molecule has 0 bridgehead atoms. The Bertz CT molecular complexity index is 1080. The summed E-state index contributed by atoms with van der Waals surface area (Å²) in [5, 5.41) is 2.64.